The molecule has 0 bridgehead atoms. The lowest BCUT2D eigenvalue weighted by Gasteiger charge is -2.34. The van der Waals surface area contributed by atoms with Gasteiger partial charge in [-0.15, -0.1) is 0 Å². The first-order valence-corrected chi connectivity index (χ1v) is 6.90. The summed E-state index contributed by atoms with van der Waals surface area (Å²) in [5, 5.41) is 10.7. The van der Waals surface area contributed by atoms with Gasteiger partial charge < -0.3 is 9.84 Å². The summed E-state index contributed by atoms with van der Waals surface area (Å²) in [6, 6.07) is 0. The van der Waals surface area contributed by atoms with Crippen LogP contribution in [0.15, 0.2) is 12.2 Å². The van der Waals surface area contributed by atoms with Gasteiger partial charge in [-0.25, -0.2) is 0 Å². The van der Waals surface area contributed by atoms with Crippen molar-refractivity contribution in [2.24, 2.45) is 17.8 Å². The molecule has 2 saturated carbocycles. The number of hydrogen-bond donors (Lipinski definition) is 1. The normalized spacial score (nSPS) is 56.9. The molecular formula is C15H24O2. The van der Waals surface area contributed by atoms with E-state index in [1.165, 1.54) is 5.57 Å². The van der Waals surface area contributed by atoms with Gasteiger partial charge in [0.1, 0.15) is 0 Å². The van der Waals surface area contributed by atoms with E-state index in [1.807, 2.05) is 6.92 Å². The number of epoxide rings is 1. The van der Waals surface area contributed by atoms with E-state index in [1.54, 1.807) is 0 Å². The van der Waals surface area contributed by atoms with Crippen LogP contribution in [0.25, 0.3) is 0 Å². The fourth-order valence-corrected chi connectivity index (χ4v) is 4.28. The predicted octanol–water partition coefficient (Wildman–Crippen LogP) is 2.91. The van der Waals surface area contributed by atoms with Gasteiger partial charge in [0.2, 0.25) is 0 Å². The lowest BCUT2D eigenvalue weighted by Crippen LogP contribution is -2.39. The Morgan fingerprint density at radius 3 is 2.65 bits per heavy atom. The molecule has 0 amide bonds. The van der Waals surface area contributed by atoms with Crippen LogP contribution in [0, 0.1) is 17.8 Å². The minimum absolute atomic E-state index is 0.0622. The van der Waals surface area contributed by atoms with Crippen molar-refractivity contribution in [2.75, 3.05) is 0 Å². The molecule has 0 aromatic heterocycles. The minimum Gasteiger partial charge on any atom is -0.390 e. The van der Waals surface area contributed by atoms with Gasteiger partial charge in [0, 0.05) is 0 Å². The first-order chi connectivity index (χ1) is 7.84. The zero-order valence-electron chi connectivity index (χ0n) is 11.2. The molecule has 2 heteroatoms. The highest BCUT2D eigenvalue weighted by Gasteiger charge is 2.68. The highest BCUT2D eigenvalue weighted by atomic mass is 16.6. The van der Waals surface area contributed by atoms with E-state index in [0.29, 0.717) is 23.9 Å². The Kier molecular flexibility index (Phi) is 2.32. The van der Waals surface area contributed by atoms with E-state index < -0.39 is 5.60 Å². The molecule has 3 aliphatic rings. The van der Waals surface area contributed by atoms with E-state index in [4.69, 9.17) is 4.74 Å². The van der Waals surface area contributed by atoms with Gasteiger partial charge in [-0.2, -0.15) is 0 Å². The maximum absolute atomic E-state index is 10.7. The van der Waals surface area contributed by atoms with Crippen molar-refractivity contribution in [3.05, 3.63) is 12.2 Å². The van der Waals surface area contributed by atoms with Crippen LogP contribution in [-0.4, -0.2) is 22.4 Å². The number of hydrogen-bond acceptors (Lipinski definition) is 2. The molecule has 1 heterocycles. The molecule has 2 aliphatic carbocycles. The van der Waals surface area contributed by atoms with Gasteiger partial charge in [0.15, 0.2) is 0 Å². The van der Waals surface area contributed by atoms with Crippen molar-refractivity contribution in [1.82, 2.24) is 0 Å². The topological polar surface area (TPSA) is 32.8 Å². The molecule has 0 aromatic carbocycles. The van der Waals surface area contributed by atoms with Crippen molar-refractivity contribution < 1.29 is 9.84 Å². The van der Waals surface area contributed by atoms with Crippen molar-refractivity contribution in [3.8, 4) is 0 Å². The van der Waals surface area contributed by atoms with Gasteiger partial charge in [0.25, 0.3) is 0 Å². The van der Waals surface area contributed by atoms with E-state index in [2.05, 4.69) is 20.4 Å². The fourth-order valence-electron chi connectivity index (χ4n) is 4.28. The Labute approximate surface area is 104 Å². The largest absolute Gasteiger partial charge is 0.390 e. The summed E-state index contributed by atoms with van der Waals surface area (Å²) in [5.41, 5.74) is 0.829. The number of allylic oxidation sites excluding steroid dienone is 1. The van der Waals surface area contributed by atoms with Gasteiger partial charge in [-0.3, -0.25) is 0 Å². The molecule has 6 unspecified atom stereocenters. The average molecular weight is 236 g/mol. The van der Waals surface area contributed by atoms with Crippen LogP contribution in [0.1, 0.15) is 46.5 Å². The van der Waals surface area contributed by atoms with Crippen LogP contribution >= 0.6 is 0 Å². The third-order valence-electron chi connectivity index (χ3n) is 5.70. The van der Waals surface area contributed by atoms with Gasteiger partial charge >= 0.3 is 0 Å². The Hall–Kier alpha value is -0.340. The Morgan fingerprint density at radius 2 is 2.00 bits per heavy atom. The van der Waals surface area contributed by atoms with Crippen molar-refractivity contribution in [2.45, 2.75) is 63.8 Å². The SMILES string of the molecule is C=C(C)C1CCC(C)(O)C2CC3OC3(C)C2C1. The Bertz CT molecular complexity index is 360. The van der Waals surface area contributed by atoms with Crippen molar-refractivity contribution in [3.63, 3.8) is 0 Å². The van der Waals surface area contributed by atoms with E-state index >= 15 is 0 Å². The van der Waals surface area contributed by atoms with Crippen LogP contribution in [0.5, 0.6) is 0 Å². The van der Waals surface area contributed by atoms with Crippen molar-refractivity contribution in [1.29, 1.82) is 0 Å². The smallest absolute Gasteiger partial charge is 0.0952 e. The highest BCUT2D eigenvalue weighted by Crippen LogP contribution is 2.62. The van der Waals surface area contributed by atoms with Crippen LogP contribution < -0.4 is 0 Å². The summed E-state index contributed by atoms with van der Waals surface area (Å²) < 4.78 is 5.85. The molecule has 1 saturated heterocycles. The van der Waals surface area contributed by atoms with E-state index in [9.17, 15) is 5.11 Å². The van der Waals surface area contributed by atoms with Gasteiger partial charge in [-0.05, 0) is 64.2 Å². The highest BCUT2D eigenvalue weighted by molar-refractivity contribution is 5.18. The second-order valence-corrected chi connectivity index (χ2v) is 6.91. The van der Waals surface area contributed by atoms with Crippen LogP contribution in [0.2, 0.25) is 0 Å². The molecule has 0 radical (unpaired) electrons. The summed E-state index contributed by atoms with van der Waals surface area (Å²) in [6.45, 7) is 10.5. The summed E-state index contributed by atoms with van der Waals surface area (Å²) in [7, 11) is 0. The summed E-state index contributed by atoms with van der Waals surface area (Å²) >= 11 is 0. The molecule has 6 atom stereocenters. The minimum atomic E-state index is -0.505. The summed E-state index contributed by atoms with van der Waals surface area (Å²) in [4.78, 5) is 0. The van der Waals surface area contributed by atoms with Crippen LogP contribution in [0.3, 0.4) is 0 Å². The second-order valence-electron chi connectivity index (χ2n) is 6.91. The zero-order chi connectivity index (χ0) is 12.4. The molecule has 1 aliphatic heterocycles. The Balaban J connectivity index is 1.90. The Morgan fingerprint density at radius 1 is 1.29 bits per heavy atom. The molecule has 0 aromatic rings. The summed E-state index contributed by atoms with van der Waals surface area (Å²) in [6.07, 6.45) is 4.61. The molecule has 1 N–H and O–H groups in total. The lowest BCUT2D eigenvalue weighted by atomic mass is 9.76. The first kappa shape index (κ1) is 11.7. The predicted molar refractivity (Wildman–Crippen MR) is 67.7 cm³/mol. The quantitative estimate of drug-likeness (QED) is 0.561. The monoisotopic (exact) mass is 236 g/mol. The molecule has 96 valence electrons. The zero-order valence-corrected chi connectivity index (χ0v) is 11.2. The van der Waals surface area contributed by atoms with Crippen LogP contribution in [0.4, 0.5) is 0 Å². The van der Waals surface area contributed by atoms with Gasteiger partial charge in [-0.1, -0.05) is 12.2 Å². The van der Waals surface area contributed by atoms with E-state index in [-0.39, 0.29) is 5.60 Å². The third kappa shape index (κ3) is 1.61. The molecule has 3 rings (SSSR count). The standard InChI is InChI=1S/C15H24O2/c1-9(2)10-5-6-14(3,16)11-8-13-15(4,17-13)12(11)7-10/h10-13,16H,1,5-8H2,2-4H3. The lowest BCUT2D eigenvalue weighted by molar-refractivity contribution is -0.0437. The molecule has 0 spiro atoms. The number of ether oxygens (including phenoxy) is 1. The number of aliphatic hydroxyl groups is 1. The number of rotatable bonds is 1. The summed E-state index contributed by atoms with van der Waals surface area (Å²) in [5.74, 6) is 1.51. The van der Waals surface area contributed by atoms with Gasteiger partial charge in [0.05, 0.1) is 17.3 Å². The molecule has 3 fully saturated rings. The first-order valence-electron chi connectivity index (χ1n) is 6.90. The molecule has 17 heavy (non-hydrogen) atoms. The van der Waals surface area contributed by atoms with Crippen molar-refractivity contribution >= 4 is 0 Å². The van der Waals surface area contributed by atoms with Crippen LogP contribution in [-0.2, 0) is 4.74 Å². The fraction of sp³-hybridized carbons (Fsp3) is 0.867. The second kappa shape index (κ2) is 3.36. The van der Waals surface area contributed by atoms with E-state index in [0.717, 1.165) is 25.7 Å². The average Bonchev–Trinajstić information content (AvgIpc) is 2.82. The maximum atomic E-state index is 10.7. The third-order valence-corrected chi connectivity index (χ3v) is 5.70. The molecular weight excluding hydrogens is 212 g/mol. The number of fused-ring (bicyclic) bond motifs is 3. The maximum Gasteiger partial charge on any atom is 0.0952 e. The molecule has 2 nitrogen and oxygen atoms in total.